The molecule has 2 rings (SSSR count). The number of thiazole rings is 1. The Kier molecular flexibility index (Phi) is 3.59. The Bertz CT molecular complexity index is 614. The van der Waals surface area contributed by atoms with Gasteiger partial charge in [-0.3, -0.25) is 10.1 Å². The second-order valence-electron chi connectivity index (χ2n) is 4.94. The Morgan fingerprint density at radius 1 is 1.42 bits per heavy atom. The highest BCUT2D eigenvalue weighted by Gasteiger charge is 2.23. The molecule has 0 saturated heterocycles. The van der Waals surface area contributed by atoms with Crippen molar-refractivity contribution in [3.63, 3.8) is 0 Å². The van der Waals surface area contributed by atoms with Crippen molar-refractivity contribution in [3.8, 4) is 0 Å². The van der Waals surface area contributed by atoms with Crippen molar-refractivity contribution < 1.29 is 4.92 Å². The molecule has 0 saturated carbocycles. The molecule has 9 heteroatoms. The summed E-state index contributed by atoms with van der Waals surface area (Å²) < 4.78 is 2.47. The van der Waals surface area contributed by atoms with E-state index in [1.807, 2.05) is 11.6 Å². The van der Waals surface area contributed by atoms with Crippen LogP contribution in [0, 0.1) is 10.1 Å². The van der Waals surface area contributed by atoms with Gasteiger partial charge in [-0.2, -0.15) is 0 Å². The highest BCUT2D eigenvalue weighted by atomic mass is 32.2. The normalized spacial score (nSPS) is 11.8. The molecule has 0 radical (unpaired) electrons. The SMILES string of the molecule is Cn1c(Sc2ncc([N+](=O)[O-])s2)nnc1C(C)(C)C. The number of nitro groups is 1. The van der Waals surface area contributed by atoms with Crippen LogP contribution in [0.5, 0.6) is 0 Å². The largest absolute Gasteiger partial charge is 0.344 e. The van der Waals surface area contributed by atoms with E-state index in [4.69, 9.17) is 0 Å². The number of nitrogens with zero attached hydrogens (tertiary/aromatic N) is 5. The van der Waals surface area contributed by atoms with Crippen LogP contribution in [0.3, 0.4) is 0 Å². The van der Waals surface area contributed by atoms with E-state index >= 15 is 0 Å². The van der Waals surface area contributed by atoms with E-state index in [0.717, 1.165) is 17.2 Å². The predicted molar refractivity (Wildman–Crippen MR) is 72.6 cm³/mol. The lowest BCUT2D eigenvalue weighted by Crippen LogP contribution is -2.17. The van der Waals surface area contributed by atoms with Crippen molar-refractivity contribution in [2.45, 2.75) is 35.7 Å². The molecule has 2 heterocycles. The Morgan fingerprint density at radius 3 is 2.58 bits per heavy atom. The summed E-state index contributed by atoms with van der Waals surface area (Å²) in [5.41, 5.74) is -0.102. The van der Waals surface area contributed by atoms with Gasteiger partial charge in [0.1, 0.15) is 12.0 Å². The van der Waals surface area contributed by atoms with Gasteiger partial charge in [-0.1, -0.05) is 20.8 Å². The number of hydrogen-bond donors (Lipinski definition) is 0. The fraction of sp³-hybridized carbons (Fsp3) is 0.500. The predicted octanol–water partition coefficient (Wildman–Crippen LogP) is 2.63. The van der Waals surface area contributed by atoms with Gasteiger partial charge in [0.25, 0.3) is 0 Å². The zero-order valence-electron chi connectivity index (χ0n) is 10.9. The maximum absolute atomic E-state index is 10.6. The summed E-state index contributed by atoms with van der Waals surface area (Å²) in [5, 5.41) is 19.6. The van der Waals surface area contributed by atoms with E-state index in [1.165, 1.54) is 18.0 Å². The molecular weight excluding hydrogens is 286 g/mol. The molecule has 7 nitrogen and oxygen atoms in total. The van der Waals surface area contributed by atoms with E-state index in [0.29, 0.717) is 9.50 Å². The lowest BCUT2D eigenvalue weighted by Gasteiger charge is -2.16. The highest BCUT2D eigenvalue weighted by molar-refractivity contribution is 8.00. The molecule has 0 aliphatic heterocycles. The molecule has 0 unspecified atom stereocenters. The number of hydrogen-bond acceptors (Lipinski definition) is 7. The third kappa shape index (κ3) is 2.92. The Balaban J connectivity index is 2.24. The van der Waals surface area contributed by atoms with Crippen LogP contribution in [0.4, 0.5) is 5.00 Å². The van der Waals surface area contributed by atoms with Crippen molar-refractivity contribution >= 4 is 28.1 Å². The average Bonchev–Trinajstić information content (AvgIpc) is 2.86. The van der Waals surface area contributed by atoms with Gasteiger partial charge in [0.2, 0.25) is 0 Å². The molecule has 102 valence electrons. The summed E-state index contributed by atoms with van der Waals surface area (Å²) >= 11 is 2.31. The maximum Gasteiger partial charge on any atom is 0.344 e. The number of aromatic nitrogens is 4. The summed E-state index contributed by atoms with van der Waals surface area (Å²) in [5.74, 6) is 0.862. The van der Waals surface area contributed by atoms with E-state index in [1.54, 1.807) is 0 Å². The van der Waals surface area contributed by atoms with Crippen LogP contribution in [0.25, 0.3) is 0 Å². The summed E-state index contributed by atoms with van der Waals surface area (Å²) in [6.07, 6.45) is 1.26. The summed E-state index contributed by atoms with van der Waals surface area (Å²) in [4.78, 5) is 14.2. The first-order valence-electron chi connectivity index (χ1n) is 5.47. The third-order valence-electron chi connectivity index (χ3n) is 2.34. The zero-order chi connectivity index (χ0) is 14.2. The average molecular weight is 299 g/mol. The zero-order valence-corrected chi connectivity index (χ0v) is 12.6. The van der Waals surface area contributed by atoms with E-state index in [2.05, 4.69) is 36.0 Å². The van der Waals surface area contributed by atoms with Crippen LogP contribution in [0.1, 0.15) is 26.6 Å². The van der Waals surface area contributed by atoms with Crippen molar-refractivity contribution in [2.75, 3.05) is 0 Å². The van der Waals surface area contributed by atoms with Crippen molar-refractivity contribution in [2.24, 2.45) is 7.05 Å². The van der Waals surface area contributed by atoms with Gasteiger partial charge in [-0.15, -0.1) is 10.2 Å². The van der Waals surface area contributed by atoms with Gasteiger partial charge in [-0.05, 0) is 23.1 Å². The minimum Gasteiger partial charge on any atom is -0.308 e. The fourth-order valence-electron chi connectivity index (χ4n) is 1.52. The van der Waals surface area contributed by atoms with Crippen LogP contribution in [0.2, 0.25) is 0 Å². The van der Waals surface area contributed by atoms with Gasteiger partial charge in [0.15, 0.2) is 9.50 Å². The fourth-order valence-corrected chi connectivity index (χ4v) is 3.19. The summed E-state index contributed by atoms with van der Waals surface area (Å²) in [6.45, 7) is 6.17. The Morgan fingerprint density at radius 2 is 2.11 bits per heavy atom. The molecule has 0 amide bonds. The van der Waals surface area contributed by atoms with E-state index in [-0.39, 0.29) is 10.4 Å². The standard InChI is InChI=1S/C10H13N5O2S2/c1-10(2,3)7-12-13-8(14(7)4)19-9-11-5-6(18-9)15(16)17/h5H,1-4H3. The minimum absolute atomic E-state index is 0.0284. The molecule has 2 aromatic rings. The van der Waals surface area contributed by atoms with Gasteiger partial charge < -0.3 is 4.57 Å². The van der Waals surface area contributed by atoms with Crippen LogP contribution in [-0.4, -0.2) is 24.7 Å². The lowest BCUT2D eigenvalue weighted by atomic mass is 9.96. The first-order chi connectivity index (χ1) is 8.79. The molecule has 2 aromatic heterocycles. The minimum atomic E-state index is -0.445. The molecule has 19 heavy (non-hydrogen) atoms. The molecule has 0 fully saturated rings. The van der Waals surface area contributed by atoms with Crippen LogP contribution in [-0.2, 0) is 12.5 Å². The summed E-state index contributed by atoms with van der Waals surface area (Å²) in [7, 11) is 1.88. The van der Waals surface area contributed by atoms with Gasteiger partial charge in [0.05, 0.1) is 4.92 Å². The molecule has 0 atom stereocenters. The van der Waals surface area contributed by atoms with Crippen molar-refractivity contribution in [1.29, 1.82) is 0 Å². The molecule has 0 aliphatic carbocycles. The monoisotopic (exact) mass is 299 g/mol. The Hall–Kier alpha value is -1.48. The van der Waals surface area contributed by atoms with E-state index < -0.39 is 4.92 Å². The Labute approximate surface area is 118 Å². The molecule has 0 bridgehead atoms. The van der Waals surface area contributed by atoms with Crippen LogP contribution < -0.4 is 0 Å². The van der Waals surface area contributed by atoms with Crippen molar-refractivity contribution in [1.82, 2.24) is 19.7 Å². The summed E-state index contributed by atoms with van der Waals surface area (Å²) in [6, 6.07) is 0. The van der Waals surface area contributed by atoms with Crippen molar-refractivity contribution in [3.05, 3.63) is 22.1 Å². The number of rotatable bonds is 3. The quantitative estimate of drug-likeness (QED) is 0.639. The van der Waals surface area contributed by atoms with Crippen LogP contribution >= 0.6 is 23.1 Å². The van der Waals surface area contributed by atoms with Crippen LogP contribution in [0.15, 0.2) is 15.7 Å². The van der Waals surface area contributed by atoms with E-state index in [9.17, 15) is 10.1 Å². The van der Waals surface area contributed by atoms with Gasteiger partial charge in [-0.25, -0.2) is 4.98 Å². The molecule has 0 N–H and O–H groups in total. The second kappa shape index (κ2) is 4.89. The smallest absolute Gasteiger partial charge is 0.308 e. The molecular formula is C10H13N5O2S2. The topological polar surface area (TPSA) is 86.7 Å². The highest BCUT2D eigenvalue weighted by Crippen LogP contribution is 2.34. The third-order valence-corrected chi connectivity index (χ3v) is 4.40. The van der Waals surface area contributed by atoms with Gasteiger partial charge >= 0.3 is 5.00 Å². The first kappa shape index (κ1) is 13.9. The molecule has 0 spiro atoms. The first-order valence-corrected chi connectivity index (χ1v) is 7.10. The maximum atomic E-state index is 10.6. The lowest BCUT2D eigenvalue weighted by molar-refractivity contribution is -0.380. The van der Waals surface area contributed by atoms with Gasteiger partial charge in [0, 0.05) is 12.5 Å². The second-order valence-corrected chi connectivity index (χ2v) is 7.16. The molecule has 0 aromatic carbocycles. The molecule has 0 aliphatic rings.